The van der Waals surface area contributed by atoms with Crippen LogP contribution in [0.5, 0.6) is 0 Å². The van der Waals surface area contributed by atoms with E-state index >= 15 is 0 Å². The standard InChI is InChI=1S/C17H18F2N2O/c1-11-4-3-5-15(12(11)2)21-17(22)8-9-20-16-7-6-13(18)10-14(16)19/h3-7,10,20H,8-9H2,1-2H3,(H,21,22). The Morgan fingerprint density at radius 1 is 1.09 bits per heavy atom. The average Bonchev–Trinajstić information content (AvgIpc) is 2.46. The van der Waals surface area contributed by atoms with E-state index in [-0.39, 0.29) is 24.6 Å². The quantitative estimate of drug-likeness (QED) is 0.876. The van der Waals surface area contributed by atoms with Crippen LogP contribution < -0.4 is 10.6 Å². The van der Waals surface area contributed by atoms with Gasteiger partial charge in [0.2, 0.25) is 5.91 Å². The minimum absolute atomic E-state index is 0.163. The Hall–Kier alpha value is -2.43. The highest BCUT2D eigenvalue weighted by molar-refractivity contribution is 5.91. The van der Waals surface area contributed by atoms with Gasteiger partial charge in [-0.3, -0.25) is 4.79 Å². The van der Waals surface area contributed by atoms with E-state index in [2.05, 4.69) is 10.6 Å². The first-order chi connectivity index (χ1) is 10.5. The third-order valence-corrected chi connectivity index (χ3v) is 3.48. The molecule has 0 aliphatic heterocycles. The molecule has 2 aromatic rings. The highest BCUT2D eigenvalue weighted by Crippen LogP contribution is 2.18. The summed E-state index contributed by atoms with van der Waals surface area (Å²) in [6.07, 6.45) is 0.185. The van der Waals surface area contributed by atoms with E-state index < -0.39 is 11.6 Å². The van der Waals surface area contributed by atoms with Crippen molar-refractivity contribution in [2.24, 2.45) is 0 Å². The Morgan fingerprint density at radius 2 is 1.86 bits per heavy atom. The van der Waals surface area contributed by atoms with Crippen molar-refractivity contribution in [1.29, 1.82) is 0 Å². The molecule has 0 saturated heterocycles. The van der Waals surface area contributed by atoms with Crippen molar-refractivity contribution in [3.8, 4) is 0 Å². The molecule has 0 aromatic heterocycles. The number of nitrogens with one attached hydrogen (secondary N) is 2. The molecule has 0 heterocycles. The van der Waals surface area contributed by atoms with Gasteiger partial charge in [0, 0.05) is 24.7 Å². The summed E-state index contributed by atoms with van der Waals surface area (Å²) in [5.74, 6) is -1.46. The average molecular weight is 304 g/mol. The maximum atomic E-state index is 13.4. The normalized spacial score (nSPS) is 10.4. The third kappa shape index (κ3) is 4.04. The maximum Gasteiger partial charge on any atom is 0.226 e. The summed E-state index contributed by atoms with van der Waals surface area (Å²) < 4.78 is 26.2. The van der Waals surface area contributed by atoms with Crippen molar-refractivity contribution < 1.29 is 13.6 Å². The van der Waals surface area contributed by atoms with Gasteiger partial charge in [-0.25, -0.2) is 8.78 Å². The molecule has 2 aromatic carbocycles. The van der Waals surface area contributed by atoms with Crippen molar-refractivity contribution >= 4 is 17.3 Å². The fraction of sp³-hybridized carbons (Fsp3) is 0.235. The smallest absolute Gasteiger partial charge is 0.226 e. The number of amides is 1. The summed E-state index contributed by atoms with van der Waals surface area (Å²) in [7, 11) is 0. The zero-order valence-electron chi connectivity index (χ0n) is 12.5. The molecule has 0 radical (unpaired) electrons. The molecule has 1 amide bonds. The molecule has 0 aliphatic carbocycles. The SMILES string of the molecule is Cc1cccc(NC(=O)CCNc2ccc(F)cc2F)c1C. The van der Waals surface area contributed by atoms with Gasteiger partial charge in [0.1, 0.15) is 11.6 Å². The van der Waals surface area contributed by atoms with Crippen LogP contribution in [-0.2, 0) is 4.79 Å². The van der Waals surface area contributed by atoms with Crippen molar-refractivity contribution in [1.82, 2.24) is 0 Å². The van der Waals surface area contributed by atoms with Crippen LogP contribution in [0.25, 0.3) is 0 Å². The molecule has 0 saturated carbocycles. The first-order valence-electron chi connectivity index (χ1n) is 7.02. The molecule has 116 valence electrons. The van der Waals surface area contributed by atoms with Gasteiger partial charge in [0.15, 0.2) is 0 Å². The second-order valence-electron chi connectivity index (χ2n) is 5.10. The fourth-order valence-electron chi connectivity index (χ4n) is 2.04. The molecular weight excluding hydrogens is 286 g/mol. The number of hydrogen-bond donors (Lipinski definition) is 2. The van der Waals surface area contributed by atoms with Gasteiger partial charge in [0.05, 0.1) is 5.69 Å². The van der Waals surface area contributed by atoms with Crippen LogP contribution in [-0.4, -0.2) is 12.5 Å². The Morgan fingerprint density at radius 3 is 2.59 bits per heavy atom. The zero-order valence-corrected chi connectivity index (χ0v) is 12.5. The largest absolute Gasteiger partial charge is 0.382 e. The van der Waals surface area contributed by atoms with Crippen molar-refractivity contribution in [3.63, 3.8) is 0 Å². The van der Waals surface area contributed by atoms with E-state index in [4.69, 9.17) is 0 Å². The van der Waals surface area contributed by atoms with Crippen molar-refractivity contribution in [2.45, 2.75) is 20.3 Å². The molecular formula is C17H18F2N2O. The van der Waals surface area contributed by atoms with Gasteiger partial charge >= 0.3 is 0 Å². The lowest BCUT2D eigenvalue weighted by Gasteiger charge is -2.11. The predicted molar refractivity (Wildman–Crippen MR) is 84.0 cm³/mol. The van der Waals surface area contributed by atoms with Gasteiger partial charge in [-0.2, -0.15) is 0 Å². The van der Waals surface area contributed by atoms with Crippen LogP contribution >= 0.6 is 0 Å². The highest BCUT2D eigenvalue weighted by atomic mass is 19.1. The van der Waals surface area contributed by atoms with Crippen LogP contribution in [0.4, 0.5) is 20.2 Å². The maximum absolute atomic E-state index is 13.4. The molecule has 0 bridgehead atoms. The number of aryl methyl sites for hydroxylation is 1. The van der Waals surface area contributed by atoms with E-state index in [1.807, 2.05) is 32.0 Å². The minimum Gasteiger partial charge on any atom is -0.382 e. The third-order valence-electron chi connectivity index (χ3n) is 3.48. The van der Waals surface area contributed by atoms with E-state index in [1.54, 1.807) is 0 Å². The molecule has 3 nitrogen and oxygen atoms in total. The van der Waals surface area contributed by atoms with Crippen LogP contribution in [0.1, 0.15) is 17.5 Å². The van der Waals surface area contributed by atoms with Gasteiger partial charge < -0.3 is 10.6 Å². The number of carbonyl (C=O) groups is 1. The number of hydrogen-bond acceptors (Lipinski definition) is 2. The van der Waals surface area contributed by atoms with Gasteiger partial charge in [0.25, 0.3) is 0 Å². The van der Waals surface area contributed by atoms with E-state index in [1.165, 1.54) is 12.1 Å². The molecule has 2 rings (SSSR count). The first kappa shape index (κ1) is 15.9. The number of halogens is 2. The van der Waals surface area contributed by atoms with Crippen molar-refractivity contribution in [2.75, 3.05) is 17.2 Å². The fourth-order valence-corrected chi connectivity index (χ4v) is 2.04. The van der Waals surface area contributed by atoms with Gasteiger partial charge in [-0.1, -0.05) is 12.1 Å². The molecule has 0 unspecified atom stereocenters. The Kier molecular flexibility index (Phi) is 5.09. The summed E-state index contributed by atoms with van der Waals surface area (Å²) >= 11 is 0. The number of rotatable bonds is 5. The molecule has 0 fully saturated rings. The molecule has 0 aliphatic rings. The van der Waals surface area contributed by atoms with Crippen LogP contribution in [0.15, 0.2) is 36.4 Å². The molecule has 0 spiro atoms. The first-order valence-corrected chi connectivity index (χ1v) is 7.02. The number of carbonyl (C=O) groups excluding carboxylic acids is 1. The van der Waals surface area contributed by atoms with E-state index in [9.17, 15) is 13.6 Å². The summed E-state index contributed by atoms with van der Waals surface area (Å²) in [5.41, 5.74) is 3.08. The van der Waals surface area contributed by atoms with E-state index in [0.717, 1.165) is 22.9 Å². The topological polar surface area (TPSA) is 41.1 Å². The molecule has 22 heavy (non-hydrogen) atoms. The number of benzene rings is 2. The lowest BCUT2D eigenvalue weighted by atomic mass is 10.1. The van der Waals surface area contributed by atoms with Gasteiger partial charge in [-0.05, 0) is 43.2 Å². The summed E-state index contributed by atoms with van der Waals surface area (Å²) in [6, 6.07) is 8.98. The second-order valence-corrected chi connectivity index (χ2v) is 5.10. The Balaban J connectivity index is 1.87. The summed E-state index contributed by atoms with van der Waals surface area (Å²) in [5, 5.41) is 5.61. The summed E-state index contributed by atoms with van der Waals surface area (Å²) in [6.45, 7) is 4.18. The number of anilines is 2. The minimum atomic E-state index is -0.671. The van der Waals surface area contributed by atoms with Crippen molar-refractivity contribution in [3.05, 3.63) is 59.2 Å². The lowest BCUT2D eigenvalue weighted by molar-refractivity contribution is -0.115. The predicted octanol–water partition coefficient (Wildman–Crippen LogP) is 4.02. The lowest BCUT2D eigenvalue weighted by Crippen LogP contribution is -2.17. The monoisotopic (exact) mass is 304 g/mol. The zero-order chi connectivity index (χ0) is 16.1. The van der Waals surface area contributed by atoms with Gasteiger partial charge in [-0.15, -0.1) is 0 Å². The molecule has 5 heteroatoms. The second kappa shape index (κ2) is 7.02. The van der Waals surface area contributed by atoms with Crippen LogP contribution in [0, 0.1) is 25.5 Å². The molecule has 2 N–H and O–H groups in total. The van der Waals surface area contributed by atoms with E-state index in [0.29, 0.717) is 0 Å². The highest BCUT2D eigenvalue weighted by Gasteiger charge is 2.07. The summed E-state index contributed by atoms with van der Waals surface area (Å²) in [4.78, 5) is 11.9. The Labute approximate surface area is 128 Å². The van der Waals surface area contributed by atoms with Crippen LogP contribution in [0.3, 0.4) is 0 Å². The molecule has 0 atom stereocenters. The Bertz CT molecular complexity index is 686. The van der Waals surface area contributed by atoms with Crippen LogP contribution in [0.2, 0.25) is 0 Å².